The summed E-state index contributed by atoms with van der Waals surface area (Å²) in [6.07, 6.45) is 0. The number of halogens is 2. The van der Waals surface area contributed by atoms with Crippen LogP contribution in [0, 0.1) is 5.82 Å². The molecule has 16 heavy (non-hydrogen) atoms. The highest BCUT2D eigenvalue weighted by molar-refractivity contribution is 6.18. The van der Waals surface area contributed by atoms with E-state index in [2.05, 4.69) is 5.32 Å². The van der Waals surface area contributed by atoms with Crippen LogP contribution in [0.5, 0.6) is 5.75 Å². The molecule has 0 fully saturated rings. The Morgan fingerprint density at radius 1 is 1.62 bits per heavy atom. The molecule has 0 aliphatic heterocycles. The number of carbonyl (C=O) groups excluding carboxylic acids is 1. The van der Waals surface area contributed by atoms with Crippen molar-refractivity contribution in [2.45, 2.75) is 13.0 Å². The molecule has 1 atom stereocenters. The number of benzene rings is 1. The van der Waals surface area contributed by atoms with Crippen molar-refractivity contribution in [2.24, 2.45) is 0 Å². The Kier molecular flexibility index (Phi) is 4.55. The van der Waals surface area contributed by atoms with E-state index in [1.165, 1.54) is 25.3 Å². The minimum Gasteiger partial charge on any atom is -0.494 e. The molecule has 0 aliphatic rings. The normalized spacial score (nSPS) is 12.0. The van der Waals surface area contributed by atoms with Gasteiger partial charge in [0.15, 0.2) is 11.6 Å². The molecule has 0 heterocycles. The van der Waals surface area contributed by atoms with Crippen LogP contribution in [0.3, 0.4) is 0 Å². The second-order valence-corrected chi connectivity index (χ2v) is 3.69. The first-order chi connectivity index (χ1) is 7.58. The van der Waals surface area contributed by atoms with Crippen molar-refractivity contribution >= 4 is 17.5 Å². The second kappa shape index (κ2) is 5.70. The number of hydrogen-bond donors (Lipinski definition) is 1. The van der Waals surface area contributed by atoms with Crippen molar-refractivity contribution in [1.82, 2.24) is 5.32 Å². The zero-order valence-electron chi connectivity index (χ0n) is 9.09. The zero-order chi connectivity index (χ0) is 12.1. The largest absolute Gasteiger partial charge is 0.494 e. The van der Waals surface area contributed by atoms with Crippen LogP contribution >= 0.6 is 11.6 Å². The predicted octanol–water partition coefficient (Wildman–Crippen LogP) is 2.19. The van der Waals surface area contributed by atoms with E-state index in [4.69, 9.17) is 16.3 Å². The molecule has 5 heteroatoms. The first-order valence-electron chi connectivity index (χ1n) is 4.79. The minimum absolute atomic E-state index is 0.0474. The van der Waals surface area contributed by atoms with E-state index in [-0.39, 0.29) is 17.7 Å². The molecule has 88 valence electrons. The third-order valence-corrected chi connectivity index (χ3v) is 2.49. The fraction of sp³-hybridized carbons (Fsp3) is 0.364. The molecule has 3 nitrogen and oxygen atoms in total. The Hall–Kier alpha value is -1.29. The van der Waals surface area contributed by atoms with Gasteiger partial charge < -0.3 is 10.1 Å². The standard InChI is InChI=1S/C11H13ClFNO2/c1-7(6-12)14-11(15)8-3-4-9(13)10(5-8)16-2/h3-5,7H,6H2,1-2H3,(H,14,15). The zero-order valence-corrected chi connectivity index (χ0v) is 9.84. The average molecular weight is 246 g/mol. The number of hydrogen-bond acceptors (Lipinski definition) is 2. The van der Waals surface area contributed by atoms with E-state index < -0.39 is 5.82 Å². The van der Waals surface area contributed by atoms with Gasteiger partial charge in [-0.25, -0.2) is 4.39 Å². The van der Waals surface area contributed by atoms with Gasteiger partial charge in [-0.2, -0.15) is 0 Å². The quantitative estimate of drug-likeness (QED) is 0.826. The molecule has 1 rings (SSSR count). The smallest absolute Gasteiger partial charge is 0.251 e. The molecule has 1 amide bonds. The van der Waals surface area contributed by atoms with Crippen LogP contribution in [0.25, 0.3) is 0 Å². The number of amides is 1. The summed E-state index contributed by atoms with van der Waals surface area (Å²) >= 11 is 5.57. The van der Waals surface area contributed by atoms with Gasteiger partial charge in [-0.15, -0.1) is 11.6 Å². The molecule has 0 saturated heterocycles. The van der Waals surface area contributed by atoms with Crippen LogP contribution in [-0.2, 0) is 0 Å². The van der Waals surface area contributed by atoms with E-state index in [0.717, 1.165) is 0 Å². The topological polar surface area (TPSA) is 38.3 Å². The van der Waals surface area contributed by atoms with E-state index in [1.807, 2.05) is 0 Å². The molecule has 1 aromatic rings. The van der Waals surface area contributed by atoms with Crippen LogP contribution < -0.4 is 10.1 Å². The number of rotatable bonds is 4. The molecule has 0 saturated carbocycles. The molecular weight excluding hydrogens is 233 g/mol. The Morgan fingerprint density at radius 2 is 2.31 bits per heavy atom. The molecule has 1 N–H and O–H groups in total. The van der Waals surface area contributed by atoms with Crippen molar-refractivity contribution in [2.75, 3.05) is 13.0 Å². The van der Waals surface area contributed by atoms with Gasteiger partial charge in [0.05, 0.1) is 7.11 Å². The van der Waals surface area contributed by atoms with Gasteiger partial charge in [0, 0.05) is 17.5 Å². The SMILES string of the molecule is COc1cc(C(=O)NC(C)CCl)ccc1F. The Labute approximate surface area is 98.5 Å². The predicted molar refractivity (Wildman–Crippen MR) is 60.6 cm³/mol. The third-order valence-electron chi connectivity index (χ3n) is 2.02. The summed E-state index contributed by atoms with van der Waals surface area (Å²) in [4.78, 5) is 11.6. The minimum atomic E-state index is -0.496. The van der Waals surface area contributed by atoms with E-state index >= 15 is 0 Å². The Balaban J connectivity index is 2.84. The molecule has 0 aliphatic carbocycles. The molecule has 0 spiro atoms. The van der Waals surface area contributed by atoms with Crippen molar-refractivity contribution in [3.63, 3.8) is 0 Å². The Morgan fingerprint density at radius 3 is 2.88 bits per heavy atom. The summed E-state index contributed by atoms with van der Waals surface area (Å²) in [7, 11) is 1.35. The second-order valence-electron chi connectivity index (χ2n) is 3.38. The average Bonchev–Trinajstić information content (AvgIpc) is 2.29. The van der Waals surface area contributed by atoms with Crippen LogP contribution in [0.1, 0.15) is 17.3 Å². The molecular formula is C11H13ClFNO2. The van der Waals surface area contributed by atoms with E-state index in [0.29, 0.717) is 11.4 Å². The fourth-order valence-electron chi connectivity index (χ4n) is 1.15. The maximum Gasteiger partial charge on any atom is 0.251 e. The lowest BCUT2D eigenvalue weighted by molar-refractivity contribution is 0.0943. The monoisotopic (exact) mass is 245 g/mol. The van der Waals surface area contributed by atoms with Gasteiger partial charge in [-0.3, -0.25) is 4.79 Å². The van der Waals surface area contributed by atoms with Gasteiger partial charge in [0.25, 0.3) is 5.91 Å². The maximum absolute atomic E-state index is 13.1. The van der Waals surface area contributed by atoms with Gasteiger partial charge in [0.1, 0.15) is 0 Å². The lowest BCUT2D eigenvalue weighted by Gasteiger charge is -2.11. The highest BCUT2D eigenvalue weighted by Crippen LogP contribution is 2.18. The van der Waals surface area contributed by atoms with E-state index in [9.17, 15) is 9.18 Å². The Bertz CT molecular complexity index is 384. The van der Waals surface area contributed by atoms with Crippen molar-refractivity contribution < 1.29 is 13.9 Å². The molecule has 0 aromatic heterocycles. The van der Waals surface area contributed by atoms with Crippen molar-refractivity contribution in [1.29, 1.82) is 0 Å². The number of alkyl halides is 1. The van der Waals surface area contributed by atoms with Gasteiger partial charge in [-0.05, 0) is 25.1 Å². The van der Waals surface area contributed by atoms with Crippen LogP contribution in [0.2, 0.25) is 0 Å². The van der Waals surface area contributed by atoms with Gasteiger partial charge in [-0.1, -0.05) is 0 Å². The lowest BCUT2D eigenvalue weighted by Crippen LogP contribution is -2.33. The molecule has 0 radical (unpaired) electrons. The number of nitrogens with one attached hydrogen (secondary N) is 1. The van der Waals surface area contributed by atoms with Crippen LogP contribution in [0.15, 0.2) is 18.2 Å². The molecule has 1 aromatic carbocycles. The first kappa shape index (κ1) is 12.8. The summed E-state index contributed by atoms with van der Waals surface area (Å²) in [5.41, 5.74) is 0.343. The van der Waals surface area contributed by atoms with Gasteiger partial charge in [0.2, 0.25) is 0 Å². The van der Waals surface area contributed by atoms with E-state index in [1.54, 1.807) is 6.92 Å². The summed E-state index contributed by atoms with van der Waals surface area (Å²) in [5, 5.41) is 2.67. The lowest BCUT2D eigenvalue weighted by atomic mass is 10.2. The first-order valence-corrected chi connectivity index (χ1v) is 5.32. The maximum atomic E-state index is 13.1. The number of ether oxygens (including phenoxy) is 1. The van der Waals surface area contributed by atoms with Crippen LogP contribution in [0.4, 0.5) is 4.39 Å². The van der Waals surface area contributed by atoms with Gasteiger partial charge >= 0.3 is 0 Å². The molecule has 0 bridgehead atoms. The fourth-order valence-corrected chi connectivity index (χ4v) is 1.22. The number of methoxy groups -OCH3 is 1. The molecule has 1 unspecified atom stereocenters. The summed E-state index contributed by atoms with van der Waals surface area (Å²) in [6, 6.07) is 3.81. The van der Waals surface area contributed by atoms with Crippen molar-refractivity contribution in [3.05, 3.63) is 29.6 Å². The van der Waals surface area contributed by atoms with Crippen molar-refractivity contribution in [3.8, 4) is 5.75 Å². The van der Waals surface area contributed by atoms with Crippen LogP contribution in [-0.4, -0.2) is 24.9 Å². The third kappa shape index (κ3) is 3.10. The highest BCUT2D eigenvalue weighted by Gasteiger charge is 2.11. The highest BCUT2D eigenvalue weighted by atomic mass is 35.5. The number of carbonyl (C=O) groups is 1. The summed E-state index contributed by atoms with van der Waals surface area (Å²) < 4.78 is 17.9. The summed E-state index contributed by atoms with van der Waals surface area (Å²) in [6.45, 7) is 1.78. The summed E-state index contributed by atoms with van der Waals surface area (Å²) in [5.74, 6) is -0.425.